The summed E-state index contributed by atoms with van der Waals surface area (Å²) in [4.78, 5) is 16.4. The summed E-state index contributed by atoms with van der Waals surface area (Å²) in [7, 11) is 0. The fourth-order valence-corrected chi connectivity index (χ4v) is 1.55. The van der Waals surface area contributed by atoms with Gasteiger partial charge < -0.3 is 4.74 Å². The van der Waals surface area contributed by atoms with Crippen LogP contribution in [0.4, 0.5) is 0 Å². The maximum absolute atomic E-state index is 5.69. The topological polar surface area (TPSA) is 60.8 Å². The van der Waals surface area contributed by atoms with E-state index < -0.39 is 0 Å². The van der Waals surface area contributed by atoms with Crippen molar-refractivity contribution in [3.63, 3.8) is 0 Å². The molecule has 18 heavy (non-hydrogen) atoms. The molecule has 0 aliphatic carbocycles. The molecule has 0 radical (unpaired) electrons. The molecule has 0 saturated carbocycles. The molecular formula is C12H7ClN4O. The normalized spacial score (nSPS) is 10.5. The van der Waals surface area contributed by atoms with Crippen molar-refractivity contribution >= 4 is 22.8 Å². The van der Waals surface area contributed by atoms with E-state index in [4.69, 9.17) is 16.3 Å². The van der Waals surface area contributed by atoms with Gasteiger partial charge in [0.25, 0.3) is 0 Å². The smallest absolute Gasteiger partial charge is 0.221 e. The number of nitrogens with zero attached hydrogens (tertiary/aromatic N) is 4. The van der Waals surface area contributed by atoms with E-state index in [1.807, 2.05) is 0 Å². The minimum absolute atomic E-state index is 0.416. The largest absolute Gasteiger partial charge is 0.437 e. The van der Waals surface area contributed by atoms with Crippen molar-refractivity contribution in [1.82, 2.24) is 19.9 Å². The van der Waals surface area contributed by atoms with Gasteiger partial charge in [0, 0.05) is 18.5 Å². The molecule has 0 amide bonds. The number of hydrogen-bond donors (Lipinski definition) is 0. The van der Waals surface area contributed by atoms with Crippen LogP contribution in [0.25, 0.3) is 11.2 Å². The van der Waals surface area contributed by atoms with Crippen molar-refractivity contribution < 1.29 is 4.74 Å². The zero-order valence-corrected chi connectivity index (χ0v) is 9.87. The lowest BCUT2D eigenvalue weighted by Gasteiger charge is -2.04. The van der Waals surface area contributed by atoms with E-state index in [0.29, 0.717) is 22.4 Å². The first-order valence-corrected chi connectivity index (χ1v) is 5.56. The Morgan fingerprint density at radius 2 is 1.83 bits per heavy atom. The average molecular weight is 259 g/mol. The Labute approximate surface area is 107 Å². The van der Waals surface area contributed by atoms with E-state index >= 15 is 0 Å². The van der Waals surface area contributed by atoms with Crippen molar-refractivity contribution in [2.24, 2.45) is 0 Å². The Kier molecular flexibility index (Phi) is 2.74. The van der Waals surface area contributed by atoms with Crippen LogP contribution in [0.2, 0.25) is 5.15 Å². The SMILES string of the molecule is Clc1ccc(Oc2ccc3nccnc3n2)cn1. The Morgan fingerprint density at radius 1 is 0.944 bits per heavy atom. The van der Waals surface area contributed by atoms with E-state index in [1.165, 1.54) is 6.20 Å². The minimum Gasteiger partial charge on any atom is -0.437 e. The summed E-state index contributed by atoms with van der Waals surface area (Å²) in [5.41, 5.74) is 1.26. The number of halogens is 1. The summed E-state index contributed by atoms with van der Waals surface area (Å²) < 4.78 is 5.54. The Balaban J connectivity index is 1.92. The number of aromatic nitrogens is 4. The molecule has 0 aromatic carbocycles. The number of pyridine rings is 2. The van der Waals surface area contributed by atoms with Gasteiger partial charge in [-0.3, -0.25) is 4.98 Å². The first-order valence-electron chi connectivity index (χ1n) is 5.18. The highest BCUT2D eigenvalue weighted by molar-refractivity contribution is 6.29. The summed E-state index contributed by atoms with van der Waals surface area (Å²) in [6, 6.07) is 6.90. The van der Waals surface area contributed by atoms with Crippen LogP contribution in [0.3, 0.4) is 0 Å². The maximum Gasteiger partial charge on any atom is 0.221 e. The molecule has 5 nitrogen and oxygen atoms in total. The van der Waals surface area contributed by atoms with Gasteiger partial charge in [-0.15, -0.1) is 0 Å². The fourth-order valence-electron chi connectivity index (χ4n) is 1.44. The molecule has 6 heteroatoms. The van der Waals surface area contributed by atoms with Gasteiger partial charge in [0.15, 0.2) is 5.65 Å². The van der Waals surface area contributed by atoms with Crippen LogP contribution >= 0.6 is 11.6 Å². The van der Waals surface area contributed by atoms with Gasteiger partial charge in [-0.05, 0) is 18.2 Å². The lowest BCUT2D eigenvalue weighted by Crippen LogP contribution is -1.91. The fraction of sp³-hybridized carbons (Fsp3) is 0. The molecule has 0 atom stereocenters. The minimum atomic E-state index is 0.416. The van der Waals surface area contributed by atoms with Gasteiger partial charge in [-0.1, -0.05) is 11.6 Å². The van der Waals surface area contributed by atoms with Crippen LogP contribution in [0.1, 0.15) is 0 Å². The summed E-state index contributed by atoms with van der Waals surface area (Å²) in [6.45, 7) is 0. The molecule has 3 rings (SSSR count). The Bertz CT molecular complexity index is 687. The summed E-state index contributed by atoms with van der Waals surface area (Å²) in [5.74, 6) is 1.00. The monoisotopic (exact) mass is 258 g/mol. The summed E-state index contributed by atoms with van der Waals surface area (Å²) in [5, 5.41) is 0.416. The third-order valence-corrected chi connectivity index (χ3v) is 2.45. The van der Waals surface area contributed by atoms with E-state index in [0.717, 1.165) is 5.52 Å². The number of fused-ring (bicyclic) bond motifs is 1. The predicted molar refractivity (Wildman–Crippen MR) is 66.7 cm³/mol. The lowest BCUT2D eigenvalue weighted by atomic mass is 10.4. The zero-order chi connectivity index (χ0) is 12.4. The molecule has 0 aliphatic heterocycles. The molecular weight excluding hydrogens is 252 g/mol. The average Bonchev–Trinajstić information content (AvgIpc) is 2.41. The molecule has 0 spiro atoms. The van der Waals surface area contributed by atoms with Gasteiger partial charge in [0.05, 0.1) is 6.20 Å². The molecule has 3 heterocycles. The predicted octanol–water partition coefficient (Wildman–Crippen LogP) is 2.87. The summed E-state index contributed by atoms with van der Waals surface area (Å²) in [6.07, 6.45) is 4.74. The third kappa shape index (κ3) is 2.21. The molecule has 0 saturated heterocycles. The third-order valence-electron chi connectivity index (χ3n) is 2.23. The van der Waals surface area contributed by atoms with Crippen LogP contribution in [0.5, 0.6) is 11.6 Å². The Morgan fingerprint density at radius 3 is 2.67 bits per heavy atom. The van der Waals surface area contributed by atoms with Crippen molar-refractivity contribution in [3.05, 3.63) is 48.0 Å². The first-order chi connectivity index (χ1) is 8.81. The second kappa shape index (κ2) is 4.54. The van der Waals surface area contributed by atoms with Crippen molar-refractivity contribution in [3.8, 4) is 11.6 Å². The first kappa shape index (κ1) is 10.9. The highest BCUT2D eigenvalue weighted by Crippen LogP contribution is 2.20. The number of hydrogen-bond acceptors (Lipinski definition) is 5. The molecule has 88 valence electrons. The van der Waals surface area contributed by atoms with Crippen LogP contribution in [0, 0.1) is 0 Å². The molecule has 0 fully saturated rings. The molecule has 3 aromatic heterocycles. The standard InChI is InChI=1S/C12H7ClN4O/c13-10-3-1-8(7-16-10)18-11-4-2-9-12(17-11)15-6-5-14-9/h1-7H. The van der Waals surface area contributed by atoms with Crippen molar-refractivity contribution in [2.75, 3.05) is 0 Å². The lowest BCUT2D eigenvalue weighted by molar-refractivity contribution is 0.462. The molecule has 0 bridgehead atoms. The van der Waals surface area contributed by atoms with E-state index in [9.17, 15) is 0 Å². The number of ether oxygens (including phenoxy) is 1. The van der Waals surface area contributed by atoms with E-state index in [-0.39, 0.29) is 0 Å². The zero-order valence-electron chi connectivity index (χ0n) is 9.12. The second-order valence-corrected chi connectivity index (χ2v) is 3.85. The van der Waals surface area contributed by atoms with Gasteiger partial charge in [0.1, 0.15) is 16.4 Å². The second-order valence-electron chi connectivity index (χ2n) is 3.47. The quantitative estimate of drug-likeness (QED) is 0.662. The molecule has 0 unspecified atom stereocenters. The van der Waals surface area contributed by atoms with Crippen LogP contribution in [-0.4, -0.2) is 19.9 Å². The highest BCUT2D eigenvalue weighted by Gasteiger charge is 2.02. The molecule has 3 aromatic rings. The molecule has 0 N–H and O–H groups in total. The number of rotatable bonds is 2. The van der Waals surface area contributed by atoms with Gasteiger partial charge in [-0.2, -0.15) is 4.98 Å². The van der Waals surface area contributed by atoms with Crippen LogP contribution in [0.15, 0.2) is 42.9 Å². The van der Waals surface area contributed by atoms with E-state index in [2.05, 4.69) is 19.9 Å². The highest BCUT2D eigenvalue weighted by atomic mass is 35.5. The van der Waals surface area contributed by atoms with Crippen molar-refractivity contribution in [2.45, 2.75) is 0 Å². The van der Waals surface area contributed by atoms with Crippen LogP contribution in [-0.2, 0) is 0 Å². The van der Waals surface area contributed by atoms with Crippen molar-refractivity contribution in [1.29, 1.82) is 0 Å². The van der Waals surface area contributed by atoms with Gasteiger partial charge in [-0.25, -0.2) is 9.97 Å². The molecule has 0 aliphatic rings. The Hall–Kier alpha value is -2.27. The van der Waals surface area contributed by atoms with Gasteiger partial charge in [0.2, 0.25) is 5.88 Å². The maximum atomic E-state index is 5.69. The van der Waals surface area contributed by atoms with E-state index in [1.54, 1.807) is 36.7 Å². The summed E-state index contributed by atoms with van der Waals surface area (Å²) >= 11 is 5.69. The van der Waals surface area contributed by atoms with Crippen LogP contribution < -0.4 is 4.74 Å². The van der Waals surface area contributed by atoms with Gasteiger partial charge >= 0.3 is 0 Å².